The van der Waals surface area contributed by atoms with E-state index in [4.69, 9.17) is 11.6 Å². The molecule has 5 nitrogen and oxygen atoms in total. The normalized spacial score (nSPS) is 18.7. The van der Waals surface area contributed by atoms with Crippen LogP contribution in [0.4, 0.5) is 13.2 Å². The molecule has 0 bridgehead atoms. The van der Waals surface area contributed by atoms with E-state index in [1.54, 1.807) is 29.1 Å². The highest BCUT2D eigenvalue weighted by Crippen LogP contribution is 2.37. The molecule has 0 saturated carbocycles. The van der Waals surface area contributed by atoms with Gasteiger partial charge >= 0.3 is 6.36 Å². The highest BCUT2D eigenvalue weighted by atomic mass is 35.5. The van der Waals surface area contributed by atoms with Crippen molar-refractivity contribution in [2.24, 2.45) is 0 Å². The Morgan fingerprint density at radius 3 is 2.84 bits per heavy atom. The third-order valence-electron chi connectivity index (χ3n) is 5.31. The maximum absolute atomic E-state index is 13.1. The summed E-state index contributed by atoms with van der Waals surface area (Å²) in [6.07, 6.45) is -0.735. The number of aromatic nitrogens is 2. The van der Waals surface area contributed by atoms with Gasteiger partial charge in [-0.3, -0.25) is 9.59 Å². The van der Waals surface area contributed by atoms with Crippen LogP contribution in [-0.4, -0.2) is 27.5 Å². The molecule has 1 aliphatic heterocycles. The summed E-state index contributed by atoms with van der Waals surface area (Å²) in [5.74, 6) is -0.535. The van der Waals surface area contributed by atoms with E-state index in [0.29, 0.717) is 34.0 Å². The van der Waals surface area contributed by atoms with Crippen LogP contribution in [0, 0.1) is 0 Å². The van der Waals surface area contributed by atoms with Crippen molar-refractivity contribution in [2.45, 2.75) is 38.1 Å². The van der Waals surface area contributed by atoms with Crippen molar-refractivity contribution >= 4 is 34.5 Å². The van der Waals surface area contributed by atoms with Gasteiger partial charge in [-0.2, -0.15) is 0 Å². The first-order chi connectivity index (χ1) is 14.6. The zero-order chi connectivity index (χ0) is 22.4. The van der Waals surface area contributed by atoms with E-state index in [1.807, 2.05) is 6.92 Å². The maximum atomic E-state index is 13.1. The molecule has 4 rings (SSSR count). The molecule has 0 saturated heterocycles. The van der Waals surface area contributed by atoms with Gasteiger partial charge in [0.1, 0.15) is 16.3 Å². The van der Waals surface area contributed by atoms with Crippen LogP contribution in [0.1, 0.15) is 35.3 Å². The topological polar surface area (TPSA) is 61.2 Å². The van der Waals surface area contributed by atoms with E-state index >= 15 is 0 Å². The first kappa shape index (κ1) is 21.6. The first-order valence-corrected chi connectivity index (χ1v) is 10.5. The number of ketones is 2. The number of carbonyl (C=O) groups excluding carboxylic acids is 2. The summed E-state index contributed by atoms with van der Waals surface area (Å²) in [6.45, 7) is 1.82. The van der Waals surface area contributed by atoms with Crippen molar-refractivity contribution in [1.29, 1.82) is 0 Å². The summed E-state index contributed by atoms with van der Waals surface area (Å²) < 4.78 is 42.8. The second-order valence-electron chi connectivity index (χ2n) is 7.37. The Morgan fingerprint density at radius 1 is 1.35 bits per heavy atom. The third kappa shape index (κ3) is 4.24. The zero-order valence-corrected chi connectivity index (χ0v) is 17.8. The number of ether oxygens (including phenoxy) is 1. The van der Waals surface area contributed by atoms with E-state index in [-0.39, 0.29) is 23.0 Å². The van der Waals surface area contributed by atoms with Crippen LogP contribution in [0.25, 0.3) is 10.4 Å². The molecule has 0 radical (unpaired) electrons. The summed E-state index contributed by atoms with van der Waals surface area (Å²) in [6, 6.07) is 7.42. The molecule has 3 aromatic rings. The summed E-state index contributed by atoms with van der Waals surface area (Å²) in [4.78, 5) is 30.2. The molecule has 0 spiro atoms. The van der Waals surface area contributed by atoms with Gasteiger partial charge in [-0.1, -0.05) is 11.6 Å². The van der Waals surface area contributed by atoms with Crippen LogP contribution in [0.2, 0.25) is 5.02 Å². The monoisotopic (exact) mass is 468 g/mol. The quantitative estimate of drug-likeness (QED) is 0.484. The van der Waals surface area contributed by atoms with E-state index in [1.165, 1.54) is 23.5 Å². The molecule has 0 fully saturated rings. The fraction of sp³-hybridized carbons (Fsp3) is 0.286. The smallest absolute Gasteiger partial charge is 0.404 e. The Kier molecular flexibility index (Phi) is 5.43. The fourth-order valence-corrected chi connectivity index (χ4v) is 4.76. The van der Waals surface area contributed by atoms with E-state index in [9.17, 15) is 22.8 Å². The van der Waals surface area contributed by atoms with Crippen molar-refractivity contribution in [2.75, 3.05) is 0 Å². The Bertz CT molecular complexity index is 1170. The van der Waals surface area contributed by atoms with Gasteiger partial charge in [0.2, 0.25) is 0 Å². The number of fused-ring (bicyclic) bond motifs is 1. The average molecular weight is 469 g/mol. The van der Waals surface area contributed by atoms with Gasteiger partial charge in [0, 0.05) is 18.8 Å². The van der Waals surface area contributed by atoms with E-state index in [0.717, 1.165) is 6.07 Å². The molecule has 2 aromatic heterocycles. The molecule has 31 heavy (non-hydrogen) atoms. The van der Waals surface area contributed by atoms with Crippen molar-refractivity contribution in [3.63, 3.8) is 0 Å². The Hall–Kier alpha value is -2.65. The van der Waals surface area contributed by atoms with Gasteiger partial charge in [-0.05, 0) is 49.2 Å². The fourth-order valence-electron chi connectivity index (χ4n) is 3.63. The SMILES string of the molecule is CC1(C(=O)Cc2ncc(-c3ccc(OC(F)(F)F)c(Cl)c3)s2)CCC(=O)c2cccn21. The second-order valence-corrected chi connectivity index (χ2v) is 8.89. The Morgan fingerprint density at radius 2 is 2.13 bits per heavy atom. The number of carbonyl (C=O) groups is 2. The molecule has 0 aliphatic carbocycles. The lowest BCUT2D eigenvalue weighted by Gasteiger charge is -2.34. The molecular formula is C21H16ClF3N2O3S. The number of halogens is 4. The lowest BCUT2D eigenvalue weighted by Crippen LogP contribution is -2.44. The number of thiazole rings is 1. The Labute approximate surface area is 184 Å². The maximum Gasteiger partial charge on any atom is 0.573 e. The molecule has 1 aromatic carbocycles. The van der Waals surface area contributed by atoms with Crippen LogP contribution < -0.4 is 4.74 Å². The van der Waals surface area contributed by atoms with Gasteiger partial charge in [0.05, 0.1) is 22.0 Å². The predicted molar refractivity (Wildman–Crippen MR) is 110 cm³/mol. The zero-order valence-electron chi connectivity index (χ0n) is 16.2. The average Bonchev–Trinajstić information content (AvgIpc) is 3.36. The highest BCUT2D eigenvalue weighted by Gasteiger charge is 2.40. The summed E-state index contributed by atoms with van der Waals surface area (Å²) in [5.41, 5.74) is 0.258. The van der Waals surface area contributed by atoms with Crippen molar-refractivity contribution < 1.29 is 27.5 Å². The minimum Gasteiger partial charge on any atom is -0.404 e. The van der Waals surface area contributed by atoms with Gasteiger partial charge in [0.25, 0.3) is 0 Å². The van der Waals surface area contributed by atoms with Crippen LogP contribution in [0.5, 0.6) is 5.75 Å². The number of hydrogen-bond donors (Lipinski definition) is 0. The van der Waals surface area contributed by atoms with Gasteiger partial charge in [0.15, 0.2) is 11.6 Å². The largest absolute Gasteiger partial charge is 0.573 e. The number of benzene rings is 1. The molecular weight excluding hydrogens is 453 g/mol. The van der Waals surface area contributed by atoms with Crippen LogP contribution >= 0.6 is 22.9 Å². The molecule has 162 valence electrons. The summed E-state index contributed by atoms with van der Waals surface area (Å²) in [7, 11) is 0. The van der Waals surface area contributed by atoms with Crippen LogP contribution in [-0.2, 0) is 16.8 Å². The summed E-state index contributed by atoms with van der Waals surface area (Å²) in [5, 5.41) is 0.388. The highest BCUT2D eigenvalue weighted by molar-refractivity contribution is 7.15. The van der Waals surface area contributed by atoms with Crippen molar-refractivity contribution in [3.8, 4) is 16.2 Å². The number of alkyl halides is 3. The van der Waals surface area contributed by atoms with E-state index < -0.39 is 17.7 Å². The van der Waals surface area contributed by atoms with Gasteiger partial charge in [-0.15, -0.1) is 24.5 Å². The molecule has 10 heteroatoms. The van der Waals surface area contributed by atoms with Crippen LogP contribution in [0.15, 0.2) is 42.7 Å². The van der Waals surface area contributed by atoms with Gasteiger partial charge < -0.3 is 9.30 Å². The minimum absolute atomic E-state index is 0.0154. The van der Waals surface area contributed by atoms with Crippen molar-refractivity contribution in [3.05, 3.63) is 58.4 Å². The molecule has 3 heterocycles. The third-order valence-corrected chi connectivity index (χ3v) is 6.65. The standard InChI is InChI=1S/C21H16ClF3N2O3S/c1-20(7-6-15(28)14-3-2-8-27(14)20)18(29)10-19-26-11-17(31-19)12-4-5-16(13(22)9-12)30-21(23,24)25/h2-5,8-9,11H,6-7,10H2,1H3. The van der Waals surface area contributed by atoms with Crippen molar-refractivity contribution in [1.82, 2.24) is 9.55 Å². The molecule has 0 N–H and O–H groups in total. The number of hydrogen-bond acceptors (Lipinski definition) is 5. The second kappa shape index (κ2) is 7.80. The number of rotatable bonds is 5. The van der Waals surface area contributed by atoms with Crippen LogP contribution in [0.3, 0.4) is 0 Å². The first-order valence-electron chi connectivity index (χ1n) is 9.31. The lowest BCUT2D eigenvalue weighted by molar-refractivity contribution is -0.274. The molecule has 1 aliphatic rings. The van der Waals surface area contributed by atoms with Gasteiger partial charge in [-0.25, -0.2) is 4.98 Å². The van der Waals surface area contributed by atoms with E-state index in [2.05, 4.69) is 9.72 Å². The number of nitrogens with zero attached hydrogens (tertiary/aromatic N) is 2. The molecule has 1 unspecified atom stereocenters. The molecule has 0 amide bonds. The lowest BCUT2D eigenvalue weighted by atomic mass is 9.84. The summed E-state index contributed by atoms with van der Waals surface area (Å²) >= 11 is 7.18. The molecule has 1 atom stereocenters. The predicted octanol–water partition coefficient (Wildman–Crippen LogP) is 5.67. The minimum atomic E-state index is -4.83. The number of Topliss-reactive ketones (excluding diaryl/α,β-unsaturated/α-hetero) is 2. The Balaban J connectivity index is 1.53.